The van der Waals surface area contributed by atoms with Gasteiger partial charge in [0.1, 0.15) is 5.75 Å². The first kappa shape index (κ1) is 19.7. The van der Waals surface area contributed by atoms with Gasteiger partial charge in [0.25, 0.3) is 0 Å². The average Bonchev–Trinajstić information content (AvgIpc) is 2.80. The van der Waals surface area contributed by atoms with Crippen molar-refractivity contribution < 1.29 is 24.2 Å². The average molecular weight is 375 g/mol. The lowest BCUT2D eigenvalue weighted by molar-refractivity contribution is -0.240. The second-order valence-electron chi connectivity index (χ2n) is 7.69. The molecule has 2 aliphatic rings. The second-order valence-corrected chi connectivity index (χ2v) is 7.69. The monoisotopic (exact) mass is 375 g/mol. The van der Waals surface area contributed by atoms with Gasteiger partial charge in [-0.1, -0.05) is 44.7 Å². The van der Waals surface area contributed by atoms with Crippen LogP contribution in [0.4, 0.5) is 0 Å². The molecular formula is C21H29NO5. The predicted molar refractivity (Wildman–Crippen MR) is 100 cm³/mol. The molecule has 0 spiro atoms. The molecule has 1 aromatic rings. The summed E-state index contributed by atoms with van der Waals surface area (Å²) < 4.78 is 10.7. The van der Waals surface area contributed by atoms with E-state index < -0.39 is 29.6 Å². The molecule has 2 saturated heterocycles. The number of nitrogens with zero attached hydrogens (tertiary/aromatic N) is 1. The molecule has 0 bridgehead atoms. The lowest BCUT2D eigenvalue weighted by Crippen LogP contribution is -2.76. The Balaban J connectivity index is 1.84. The van der Waals surface area contributed by atoms with Crippen LogP contribution in [0.1, 0.15) is 51.5 Å². The van der Waals surface area contributed by atoms with Crippen molar-refractivity contribution in [3.05, 3.63) is 29.8 Å². The first-order chi connectivity index (χ1) is 12.9. The maximum Gasteiger partial charge on any atom is 0.339 e. The van der Waals surface area contributed by atoms with Crippen LogP contribution in [0.15, 0.2) is 24.3 Å². The van der Waals surface area contributed by atoms with Gasteiger partial charge in [0.2, 0.25) is 11.4 Å². The van der Waals surface area contributed by atoms with Crippen LogP contribution in [0.2, 0.25) is 0 Å². The summed E-state index contributed by atoms with van der Waals surface area (Å²) in [7, 11) is 1.60. The molecule has 1 N–H and O–H groups in total. The smallest absolute Gasteiger partial charge is 0.339 e. The highest BCUT2D eigenvalue weighted by molar-refractivity contribution is 6.01. The van der Waals surface area contributed by atoms with E-state index in [1.165, 1.54) is 4.90 Å². The number of rotatable bonds is 9. The predicted octanol–water partition coefficient (Wildman–Crippen LogP) is 2.67. The van der Waals surface area contributed by atoms with Gasteiger partial charge in [-0.3, -0.25) is 4.79 Å². The zero-order valence-corrected chi connectivity index (χ0v) is 16.4. The van der Waals surface area contributed by atoms with Crippen molar-refractivity contribution in [3.63, 3.8) is 0 Å². The quantitative estimate of drug-likeness (QED) is 0.530. The summed E-state index contributed by atoms with van der Waals surface area (Å²) in [6, 6.07) is 7.38. The molecular weight excluding hydrogens is 346 g/mol. The Hall–Kier alpha value is -2.08. The van der Waals surface area contributed by atoms with Crippen molar-refractivity contribution in [2.45, 2.75) is 63.6 Å². The highest BCUT2D eigenvalue weighted by atomic mass is 16.6. The van der Waals surface area contributed by atoms with E-state index in [2.05, 4.69) is 6.92 Å². The van der Waals surface area contributed by atoms with Crippen LogP contribution in [0.5, 0.6) is 5.75 Å². The highest BCUT2D eigenvalue weighted by Gasteiger charge is 2.79. The fourth-order valence-corrected chi connectivity index (χ4v) is 4.47. The van der Waals surface area contributed by atoms with Crippen molar-refractivity contribution in [3.8, 4) is 5.75 Å². The third-order valence-corrected chi connectivity index (χ3v) is 6.23. The molecule has 27 heavy (non-hydrogen) atoms. The van der Waals surface area contributed by atoms with Crippen molar-refractivity contribution in [1.29, 1.82) is 0 Å². The van der Waals surface area contributed by atoms with Crippen molar-refractivity contribution >= 4 is 11.9 Å². The summed E-state index contributed by atoms with van der Waals surface area (Å²) in [5.41, 5.74) is -1.36. The van der Waals surface area contributed by atoms with Crippen molar-refractivity contribution in [1.82, 2.24) is 4.90 Å². The molecule has 6 nitrogen and oxygen atoms in total. The van der Waals surface area contributed by atoms with Gasteiger partial charge in [0.15, 0.2) is 5.60 Å². The number of unbranched alkanes of at least 4 members (excludes halogenated alkanes) is 3. The van der Waals surface area contributed by atoms with E-state index >= 15 is 0 Å². The summed E-state index contributed by atoms with van der Waals surface area (Å²) in [6.45, 7) is 3.78. The van der Waals surface area contributed by atoms with E-state index in [-0.39, 0.29) is 12.5 Å². The molecule has 0 aromatic heterocycles. The molecule has 2 unspecified atom stereocenters. The Morgan fingerprint density at radius 1 is 1.19 bits per heavy atom. The Kier molecular flexibility index (Phi) is 5.47. The molecule has 0 aliphatic carbocycles. The molecule has 3 atom stereocenters. The van der Waals surface area contributed by atoms with Gasteiger partial charge in [-0.15, -0.1) is 0 Å². The SMILES string of the molecule is CCCCCC[C@@H]1C(=O)N(Cc2ccc(OC)cc2)C2(CO)C(=O)OC12C. The van der Waals surface area contributed by atoms with Crippen LogP contribution in [0, 0.1) is 5.92 Å². The molecule has 1 aromatic carbocycles. The van der Waals surface area contributed by atoms with E-state index in [0.717, 1.165) is 37.0 Å². The van der Waals surface area contributed by atoms with Gasteiger partial charge in [-0.2, -0.15) is 0 Å². The third kappa shape index (κ3) is 2.90. The topological polar surface area (TPSA) is 76.1 Å². The number of hydrogen-bond donors (Lipinski definition) is 1. The van der Waals surface area contributed by atoms with E-state index in [0.29, 0.717) is 6.42 Å². The lowest BCUT2D eigenvalue weighted by atomic mass is 9.70. The molecule has 2 aliphatic heterocycles. The maximum atomic E-state index is 13.2. The Labute approximate surface area is 160 Å². The maximum absolute atomic E-state index is 13.2. The van der Waals surface area contributed by atoms with Gasteiger partial charge in [-0.05, 0) is 31.0 Å². The number of likely N-dealkylation sites (tertiary alicyclic amines) is 1. The van der Waals surface area contributed by atoms with E-state index in [4.69, 9.17) is 9.47 Å². The number of aliphatic hydroxyl groups excluding tert-OH is 1. The largest absolute Gasteiger partial charge is 0.497 e. The zero-order chi connectivity index (χ0) is 19.7. The van der Waals surface area contributed by atoms with Gasteiger partial charge in [0, 0.05) is 6.54 Å². The van der Waals surface area contributed by atoms with Crippen LogP contribution in [-0.4, -0.2) is 46.7 Å². The molecule has 0 radical (unpaired) electrons. The van der Waals surface area contributed by atoms with E-state index in [1.807, 2.05) is 24.3 Å². The number of aliphatic hydroxyl groups is 1. The van der Waals surface area contributed by atoms with Crippen LogP contribution >= 0.6 is 0 Å². The van der Waals surface area contributed by atoms with E-state index in [9.17, 15) is 14.7 Å². The Morgan fingerprint density at radius 2 is 1.89 bits per heavy atom. The van der Waals surface area contributed by atoms with Crippen LogP contribution in [-0.2, 0) is 20.9 Å². The molecule has 1 amide bonds. The minimum Gasteiger partial charge on any atom is -0.497 e. The standard InChI is InChI=1S/C21H29NO5/c1-4-5-6-7-8-17-18(24)22(13-15-9-11-16(26-3)12-10-15)21(14-23)19(25)27-20(17,21)2/h9-12,17,23H,4-8,13-14H2,1-3H3/t17-,20?,21?/m1/s1. The van der Waals surface area contributed by atoms with Gasteiger partial charge >= 0.3 is 5.97 Å². The summed E-state index contributed by atoms with van der Waals surface area (Å²) in [6.07, 6.45) is 4.88. The second kappa shape index (κ2) is 7.50. The highest BCUT2D eigenvalue weighted by Crippen LogP contribution is 2.55. The van der Waals surface area contributed by atoms with Gasteiger partial charge in [0.05, 0.1) is 19.6 Å². The number of esters is 1. The fourth-order valence-electron chi connectivity index (χ4n) is 4.47. The minimum absolute atomic E-state index is 0.107. The van der Waals surface area contributed by atoms with Gasteiger partial charge in [-0.25, -0.2) is 4.79 Å². The van der Waals surface area contributed by atoms with Crippen molar-refractivity contribution in [2.75, 3.05) is 13.7 Å². The Morgan fingerprint density at radius 3 is 2.44 bits per heavy atom. The molecule has 2 heterocycles. The fraction of sp³-hybridized carbons (Fsp3) is 0.619. The molecule has 148 valence electrons. The van der Waals surface area contributed by atoms with Crippen LogP contribution in [0.25, 0.3) is 0 Å². The number of amides is 1. The summed E-state index contributed by atoms with van der Waals surface area (Å²) in [5.74, 6) is -0.294. The number of ether oxygens (including phenoxy) is 2. The first-order valence-corrected chi connectivity index (χ1v) is 9.73. The van der Waals surface area contributed by atoms with Gasteiger partial charge < -0.3 is 19.5 Å². The first-order valence-electron chi connectivity index (χ1n) is 9.73. The third-order valence-electron chi connectivity index (χ3n) is 6.23. The molecule has 6 heteroatoms. The normalized spacial score (nSPS) is 29.3. The number of hydrogen-bond acceptors (Lipinski definition) is 5. The summed E-state index contributed by atoms with van der Waals surface area (Å²) >= 11 is 0. The Bertz CT molecular complexity index is 703. The lowest BCUT2D eigenvalue weighted by Gasteiger charge is -2.53. The summed E-state index contributed by atoms with van der Waals surface area (Å²) in [5, 5.41) is 10.1. The van der Waals surface area contributed by atoms with Crippen LogP contribution in [0.3, 0.4) is 0 Å². The minimum atomic E-state index is -1.28. The number of carbonyl (C=O) groups excluding carboxylic acids is 2. The van der Waals surface area contributed by atoms with Crippen molar-refractivity contribution in [2.24, 2.45) is 5.92 Å². The number of carbonyl (C=O) groups is 2. The van der Waals surface area contributed by atoms with E-state index in [1.54, 1.807) is 14.0 Å². The number of benzene rings is 1. The number of fused-ring (bicyclic) bond motifs is 1. The summed E-state index contributed by atoms with van der Waals surface area (Å²) in [4.78, 5) is 27.2. The number of methoxy groups -OCH3 is 1. The van der Waals surface area contributed by atoms with Crippen LogP contribution < -0.4 is 4.74 Å². The molecule has 3 rings (SSSR count). The molecule has 0 saturated carbocycles. The zero-order valence-electron chi connectivity index (χ0n) is 16.4. The molecule has 2 fully saturated rings.